The molecule has 0 aromatic heterocycles. The molecule has 184 valence electrons. The van der Waals surface area contributed by atoms with Gasteiger partial charge in [0.1, 0.15) is 5.75 Å². The van der Waals surface area contributed by atoms with E-state index in [0.29, 0.717) is 12.2 Å². The summed E-state index contributed by atoms with van der Waals surface area (Å²) in [6.07, 6.45) is 16.5. The molecule has 3 rings (SSSR count). The van der Waals surface area contributed by atoms with Gasteiger partial charge in [-0.05, 0) is 71.9 Å². The lowest BCUT2D eigenvalue weighted by atomic mass is 9.78. The fourth-order valence-electron chi connectivity index (χ4n) is 5.06. The van der Waals surface area contributed by atoms with Crippen LogP contribution >= 0.6 is 0 Å². The van der Waals surface area contributed by atoms with Gasteiger partial charge in [0.25, 0.3) is 0 Å². The SMILES string of the molecule is CCCCCCC(=O)Oc1ccc(-c2ccc(C3=CCC(C(C)CCCCC)CC3)cc2)cc1. The smallest absolute Gasteiger partial charge is 0.311 e. The van der Waals surface area contributed by atoms with Crippen LogP contribution in [0.4, 0.5) is 0 Å². The van der Waals surface area contributed by atoms with Gasteiger partial charge in [0.2, 0.25) is 0 Å². The molecule has 0 saturated heterocycles. The second-order valence-corrected chi connectivity index (χ2v) is 10.1. The molecule has 0 heterocycles. The average Bonchev–Trinajstić information content (AvgIpc) is 2.87. The van der Waals surface area contributed by atoms with Crippen molar-refractivity contribution >= 4 is 11.5 Å². The Hall–Kier alpha value is -2.35. The Morgan fingerprint density at radius 1 is 0.853 bits per heavy atom. The molecule has 0 saturated carbocycles. The zero-order chi connectivity index (χ0) is 24.2. The van der Waals surface area contributed by atoms with Crippen molar-refractivity contribution in [1.29, 1.82) is 0 Å². The normalized spacial score (nSPS) is 16.7. The molecule has 0 amide bonds. The maximum Gasteiger partial charge on any atom is 0.311 e. The first-order valence-electron chi connectivity index (χ1n) is 13.7. The fourth-order valence-corrected chi connectivity index (χ4v) is 5.06. The van der Waals surface area contributed by atoms with Gasteiger partial charge in [0, 0.05) is 6.42 Å². The van der Waals surface area contributed by atoms with Gasteiger partial charge < -0.3 is 4.74 Å². The number of hydrogen-bond acceptors (Lipinski definition) is 2. The second kappa shape index (κ2) is 14.1. The molecule has 0 bridgehead atoms. The molecule has 0 radical (unpaired) electrons. The van der Waals surface area contributed by atoms with Crippen LogP contribution in [-0.4, -0.2) is 5.97 Å². The lowest BCUT2D eigenvalue weighted by Crippen LogP contribution is -2.14. The number of benzene rings is 2. The third-order valence-electron chi connectivity index (χ3n) is 7.43. The van der Waals surface area contributed by atoms with E-state index in [1.165, 1.54) is 74.5 Å². The van der Waals surface area contributed by atoms with Crippen LogP contribution in [0.15, 0.2) is 54.6 Å². The first-order chi connectivity index (χ1) is 16.6. The van der Waals surface area contributed by atoms with E-state index < -0.39 is 0 Å². The van der Waals surface area contributed by atoms with Gasteiger partial charge in [-0.1, -0.05) is 108 Å². The van der Waals surface area contributed by atoms with Crippen LogP contribution in [0.2, 0.25) is 0 Å². The molecule has 2 heteroatoms. The molecule has 34 heavy (non-hydrogen) atoms. The molecule has 2 nitrogen and oxygen atoms in total. The van der Waals surface area contributed by atoms with Crippen molar-refractivity contribution in [2.24, 2.45) is 11.8 Å². The first-order valence-corrected chi connectivity index (χ1v) is 13.7. The summed E-state index contributed by atoms with van der Waals surface area (Å²) in [5.74, 6) is 2.19. The van der Waals surface area contributed by atoms with Crippen molar-refractivity contribution in [3.8, 4) is 16.9 Å². The summed E-state index contributed by atoms with van der Waals surface area (Å²) < 4.78 is 5.49. The minimum absolute atomic E-state index is 0.133. The Morgan fingerprint density at radius 2 is 1.47 bits per heavy atom. The number of esters is 1. The second-order valence-electron chi connectivity index (χ2n) is 10.1. The Kier molecular flexibility index (Phi) is 10.9. The monoisotopic (exact) mass is 460 g/mol. The summed E-state index contributed by atoms with van der Waals surface area (Å²) >= 11 is 0. The molecule has 0 spiro atoms. The Morgan fingerprint density at radius 3 is 2.09 bits per heavy atom. The van der Waals surface area contributed by atoms with Gasteiger partial charge in [0.05, 0.1) is 0 Å². The van der Waals surface area contributed by atoms with E-state index in [1.54, 1.807) is 0 Å². The number of allylic oxidation sites excluding steroid dienone is 2. The number of hydrogen-bond donors (Lipinski definition) is 0. The number of ether oxygens (including phenoxy) is 1. The molecule has 2 atom stereocenters. The van der Waals surface area contributed by atoms with Gasteiger partial charge in [-0.25, -0.2) is 0 Å². The van der Waals surface area contributed by atoms with Crippen molar-refractivity contribution in [2.75, 3.05) is 0 Å². The van der Waals surface area contributed by atoms with E-state index in [0.717, 1.165) is 30.2 Å². The van der Waals surface area contributed by atoms with E-state index in [4.69, 9.17) is 4.74 Å². The average molecular weight is 461 g/mol. The molecule has 0 aliphatic heterocycles. The van der Waals surface area contributed by atoms with E-state index >= 15 is 0 Å². The highest BCUT2D eigenvalue weighted by molar-refractivity contribution is 5.74. The predicted octanol–water partition coefficient (Wildman–Crippen LogP) is 9.63. The lowest BCUT2D eigenvalue weighted by Gasteiger charge is -2.27. The molecule has 1 aliphatic carbocycles. The highest BCUT2D eigenvalue weighted by Crippen LogP contribution is 2.36. The number of rotatable bonds is 13. The van der Waals surface area contributed by atoms with Crippen molar-refractivity contribution in [3.63, 3.8) is 0 Å². The summed E-state index contributed by atoms with van der Waals surface area (Å²) in [4.78, 5) is 12.0. The maximum absolute atomic E-state index is 12.0. The van der Waals surface area contributed by atoms with E-state index in [1.807, 2.05) is 24.3 Å². The molecule has 2 unspecified atom stereocenters. The molecule has 0 fully saturated rings. The van der Waals surface area contributed by atoms with E-state index in [2.05, 4.69) is 51.1 Å². The summed E-state index contributed by atoms with van der Waals surface area (Å²) in [6, 6.07) is 16.8. The standard InChI is InChI=1S/C32H44O2/c1-4-6-8-10-12-32(33)34-31-23-21-30(22-24-31)29-19-17-28(18-20-29)27-15-13-26(14-16-27)25(3)11-9-7-5-2/h15,17-26H,4-14,16H2,1-3H3. The zero-order valence-electron chi connectivity index (χ0n) is 21.7. The van der Waals surface area contributed by atoms with Crippen molar-refractivity contribution in [3.05, 3.63) is 60.2 Å². The van der Waals surface area contributed by atoms with Crippen LogP contribution in [0.25, 0.3) is 16.7 Å². The van der Waals surface area contributed by atoms with Gasteiger partial charge in [-0.3, -0.25) is 4.79 Å². The maximum atomic E-state index is 12.0. The molecular formula is C32H44O2. The van der Waals surface area contributed by atoms with Crippen LogP contribution in [0, 0.1) is 11.8 Å². The molecule has 0 N–H and O–H groups in total. The van der Waals surface area contributed by atoms with Crippen molar-refractivity contribution in [2.45, 2.75) is 97.8 Å². The predicted molar refractivity (Wildman–Crippen MR) is 145 cm³/mol. The number of carbonyl (C=O) groups is 1. The van der Waals surface area contributed by atoms with Crippen molar-refractivity contribution in [1.82, 2.24) is 0 Å². The fraction of sp³-hybridized carbons (Fsp3) is 0.531. The summed E-state index contributed by atoms with van der Waals surface area (Å²) in [5, 5.41) is 0. The van der Waals surface area contributed by atoms with E-state index in [-0.39, 0.29) is 5.97 Å². The Bertz CT molecular complexity index is 892. The van der Waals surface area contributed by atoms with Crippen LogP contribution in [0.1, 0.15) is 103 Å². The highest BCUT2D eigenvalue weighted by atomic mass is 16.5. The van der Waals surface area contributed by atoms with Gasteiger partial charge in [-0.2, -0.15) is 0 Å². The van der Waals surface area contributed by atoms with Gasteiger partial charge in [0.15, 0.2) is 0 Å². The molecule has 2 aromatic carbocycles. The van der Waals surface area contributed by atoms with Crippen LogP contribution in [-0.2, 0) is 4.79 Å². The minimum atomic E-state index is -0.133. The lowest BCUT2D eigenvalue weighted by molar-refractivity contribution is -0.134. The molecule has 1 aliphatic rings. The quantitative estimate of drug-likeness (QED) is 0.169. The summed E-state index contributed by atoms with van der Waals surface area (Å²) in [6.45, 7) is 6.91. The Balaban J connectivity index is 1.51. The van der Waals surface area contributed by atoms with Crippen molar-refractivity contribution < 1.29 is 9.53 Å². The van der Waals surface area contributed by atoms with Gasteiger partial charge in [-0.15, -0.1) is 0 Å². The largest absolute Gasteiger partial charge is 0.427 e. The Labute approximate surface area is 207 Å². The van der Waals surface area contributed by atoms with E-state index in [9.17, 15) is 4.79 Å². The number of unbranched alkanes of at least 4 members (excludes halogenated alkanes) is 5. The zero-order valence-corrected chi connectivity index (χ0v) is 21.7. The first kappa shape index (κ1) is 26.3. The van der Waals surface area contributed by atoms with Crippen LogP contribution < -0.4 is 4.74 Å². The molecule has 2 aromatic rings. The van der Waals surface area contributed by atoms with Gasteiger partial charge >= 0.3 is 5.97 Å². The third kappa shape index (κ3) is 8.15. The summed E-state index contributed by atoms with van der Waals surface area (Å²) in [5.41, 5.74) is 5.20. The third-order valence-corrected chi connectivity index (χ3v) is 7.43. The molecular weight excluding hydrogens is 416 g/mol. The highest BCUT2D eigenvalue weighted by Gasteiger charge is 2.20. The van der Waals surface area contributed by atoms with Crippen LogP contribution in [0.3, 0.4) is 0 Å². The minimum Gasteiger partial charge on any atom is -0.427 e. The topological polar surface area (TPSA) is 26.3 Å². The van der Waals surface area contributed by atoms with Crippen LogP contribution in [0.5, 0.6) is 5.75 Å². The number of carbonyl (C=O) groups excluding carboxylic acids is 1. The summed E-state index contributed by atoms with van der Waals surface area (Å²) in [7, 11) is 0.